The van der Waals surface area contributed by atoms with Gasteiger partial charge in [-0.1, -0.05) is 18.2 Å². The fraction of sp³-hybridized carbons (Fsp3) is 0.200. The Bertz CT molecular complexity index is 786. The van der Waals surface area contributed by atoms with Crippen LogP contribution in [0.25, 0.3) is 0 Å². The summed E-state index contributed by atoms with van der Waals surface area (Å²) < 4.78 is 50.8. The molecule has 0 heterocycles. The standard InChI is InChI=1S/C15H14F2O3S/c1-9-6-7-12(16)13(14(9)17)15(18)10-4-3-5-11(8-10)21(2,19)20/h3-8,15,18H,1-2H3. The van der Waals surface area contributed by atoms with Crippen molar-refractivity contribution in [2.75, 3.05) is 6.26 Å². The largest absolute Gasteiger partial charge is 0.383 e. The van der Waals surface area contributed by atoms with Gasteiger partial charge in [0.05, 0.1) is 10.5 Å². The highest BCUT2D eigenvalue weighted by Gasteiger charge is 2.22. The van der Waals surface area contributed by atoms with Crippen molar-refractivity contribution in [2.24, 2.45) is 0 Å². The van der Waals surface area contributed by atoms with Crippen LogP contribution in [0, 0.1) is 18.6 Å². The van der Waals surface area contributed by atoms with Crippen molar-refractivity contribution in [1.29, 1.82) is 0 Å². The van der Waals surface area contributed by atoms with Gasteiger partial charge in [0, 0.05) is 6.26 Å². The molecular formula is C15H14F2O3S. The molecule has 1 N–H and O–H groups in total. The second kappa shape index (κ2) is 5.54. The van der Waals surface area contributed by atoms with E-state index < -0.39 is 33.1 Å². The van der Waals surface area contributed by atoms with E-state index in [0.717, 1.165) is 12.3 Å². The Morgan fingerprint density at radius 2 is 1.81 bits per heavy atom. The molecule has 0 saturated heterocycles. The summed E-state index contributed by atoms with van der Waals surface area (Å²) >= 11 is 0. The van der Waals surface area contributed by atoms with E-state index in [1.807, 2.05) is 0 Å². The summed E-state index contributed by atoms with van der Waals surface area (Å²) in [6.07, 6.45) is -0.557. The molecule has 1 unspecified atom stereocenters. The summed E-state index contributed by atoms with van der Waals surface area (Å²) in [5.41, 5.74) is -0.174. The molecule has 6 heteroatoms. The average Bonchev–Trinajstić information content (AvgIpc) is 2.42. The van der Waals surface area contributed by atoms with E-state index in [1.165, 1.54) is 37.3 Å². The molecule has 0 amide bonds. The maximum Gasteiger partial charge on any atom is 0.175 e. The molecule has 21 heavy (non-hydrogen) atoms. The molecule has 0 aliphatic carbocycles. The van der Waals surface area contributed by atoms with E-state index in [4.69, 9.17) is 0 Å². The smallest absolute Gasteiger partial charge is 0.175 e. The van der Waals surface area contributed by atoms with Crippen molar-refractivity contribution in [3.8, 4) is 0 Å². The van der Waals surface area contributed by atoms with Gasteiger partial charge in [0.2, 0.25) is 0 Å². The molecule has 0 saturated carbocycles. The first-order valence-electron chi connectivity index (χ1n) is 6.14. The molecule has 0 aliphatic rings. The van der Waals surface area contributed by atoms with Gasteiger partial charge in [-0.3, -0.25) is 0 Å². The van der Waals surface area contributed by atoms with Crippen molar-refractivity contribution < 1.29 is 22.3 Å². The van der Waals surface area contributed by atoms with Crippen molar-refractivity contribution in [3.63, 3.8) is 0 Å². The number of aliphatic hydroxyl groups is 1. The number of aliphatic hydroxyl groups excluding tert-OH is 1. The highest BCUT2D eigenvalue weighted by Crippen LogP contribution is 2.29. The molecule has 0 aliphatic heterocycles. The zero-order valence-electron chi connectivity index (χ0n) is 11.5. The third-order valence-electron chi connectivity index (χ3n) is 3.20. The molecule has 3 nitrogen and oxygen atoms in total. The van der Waals surface area contributed by atoms with Gasteiger partial charge in [-0.25, -0.2) is 17.2 Å². The van der Waals surface area contributed by atoms with Crippen LogP contribution in [0.15, 0.2) is 41.3 Å². The second-order valence-corrected chi connectivity index (χ2v) is 6.85. The lowest BCUT2D eigenvalue weighted by atomic mass is 9.98. The maximum absolute atomic E-state index is 14.0. The minimum absolute atomic E-state index is 0.0208. The van der Waals surface area contributed by atoms with E-state index in [0.29, 0.717) is 0 Å². The third-order valence-corrected chi connectivity index (χ3v) is 4.31. The summed E-state index contributed by atoms with van der Waals surface area (Å²) in [6.45, 7) is 1.46. The van der Waals surface area contributed by atoms with Gasteiger partial charge in [-0.2, -0.15) is 0 Å². The lowest BCUT2D eigenvalue weighted by molar-refractivity contribution is 0.208. The highest BCUT2D eigenvalue weighted by molar-refractivity contribution is 7.90. The van der Waals surface area contributed by atoms with Crippen LogP contribution in [0.1, 0.15) is 22.8 Å². The molecule has 2 aromatic rings. The van der Waals surface area contributed by atoms with Gasteiger partial charge in [-0.15, -0.1) is 0 Å². The molecule has 2 aromatic carbocycles. The summed E-state index contributed by atoms with van der Waals surface area (Å²) in [5.74, 6) is -1.72. The van der Waals surface area contributed by atoms with Crippen LogP contribution in [0.3, 0.4) is 0 Å². The van der Waals surface area contributed by atoms with Crippen LogP contribution < -0.4 is 0 Å². The number of rotatable bonds is 3. The lowest BCUT2D eigenvalue weighted by Gasteiger charge is -2.15. The predicted octanol–water partition coefficient (Wildman–Crippen LogP) is 2.76. The lowest BCUT2D eigenvalue weighted by Crippen LogP contribution is -2.08. The zero-order chi connectivity index (χ0) is 15.8. The summed E-state index contributed by atoms with van der Waals surface area (Å²) in [5, 5.41) is 10.2. The SMILES string of the molecule is Cc1ccc(F)c(C(O)c2cccc(S(C)(=O)=O)c2)c1F. The Hall–Kier alpha value is -1.79. The quantitative estimate of drug-likeness (QED) is 0.948. The topological polar surface area (TPSA) is 54.4 Å². The summed E-state index contributed by atoms with van der Waals surface area (Å²) in [6, 6.07) is 7.74. The van der Waals surface area contributed by atoms with Crippen molar-refractivity contribution in [2.45, 2.75) is 17.9 Å². The van der Waals surface area contributed by atoms with E-state index in [-0.39, 0.29) is 16.0 Å². The Balaban J connectivity index is 2.56. The molecule has 0 spiro atoms. The van der Waals surface area contributed by atoms with Crippen LogP contribution in [0.4, 0.5) is 8.78 Å². The molecular weight excluding hydrogens is 298 g/mol. The van der Waals surface area contributed by atoms with Gasteiger partial charge < -0.3 is 5.11 Å². The number of sulfone groups is 1. The number of hydrogen-bond acceptors (Lipinski definition) is 3. The first-order valence-corrected chi connectivity index (χ1v) is 8.03. The van der Waals surface area contributed by atoms with Crippen molar-refractivity contribution in [3.05, 3.63) is 64.7 Å². The molecule has 0 radical (unpaired) electrons. The number of halogens is 2. The number of benzene rings is 2. The molecule has 0 fully saturated rings. The molecule has 1 atom stereocenters. The molecule has 112 valence electrons. The minimum Gasteiger partial charge on any atom is -0.383 e. The van der Waals surface area contributed by atoms with E-state index in [2.05, 4.69) is 0 Å². The van der Waals surface area contributed by atoms with Crippen LogP contribution in [-0.2, 0) is 9.84 Å². The molecule has 0 aromatic heterocycles. The van der Waals surface area contributed by atoms with Crippen molar-refractivity contribution in [1.82, 2.24) is 0 Å². The zero-order valence-corrected chi connectivity index (χ0v) is 12.3. The van der Waals surface area contributed by atoms with Crippen LogP contribution >= 0.6 is 0 Å². The normalized spacial score (nSPS) is 13.2. The van der Waals surface area contributed by atoms with Gasteiger partial charge in [0.25, 0.3) is 0 Å². The van der Waals surface area contributed by atoms with Gasteiger partial charge in [-0.05, 0) is 36.2 Å². The first kappa shape index (κ1) is 15.6. The first-order chi connectivity index (χ1) is 9.71. The van der Waals surface area contributed by atoms with E-state index >= 15 is 0 Å². The van der Waals surface area contributed by atoms with Gasteiger partial charge in [0.15, 0.2) is 9.84 Å². The van der Waals surface area contributed by atoms with Crippen LogP contribution in [0.2, 0.25) is 0 Å². The van der Waals surface area contributed by atoms with Gasteiger partial charge in [0.1, 0.15) is 17.7 Å². The Morgan fingerprint density at radius 1 is 1.14 bits per heavy atom. The predicted molar refractivity (Wildman–Crippen MR) is 74.7 cm³/mol. The number of aryl methyl sites for hydroxylation is 1. The second-order valence-electron chi connectivity index (χ2n) is 4.84. The Morgan fingerprint density at radius 3 is 2.43 bits per heavy atom. The Labute approximate surface area is 121 Å². The fourth-order valence-electron chi connectivity index (χ4n) is 2.01. The minimum atomic E-state index is -3.47. The van der Waals surface area contributed by atoms with E-state index in [9.17, 15) is 22.3 Å². The third kappa shape index (κ3) is 3.11. The van der Waals surface area contributed by atoms with Crippen LogP contribution in [0.5, 0.6) is 0 Å². The highest BCUT2D eigenvalue weighted by atomic mass is 32.2. The number of hydrogen-bond donors (Lipinski definition) is 1. The monoisotopic (exact) mass is 312 g/mol. The van der Waals surface area contributed by atoms with Gasteiger partial charge >= 0.3 is 0 Å². The average molecular weight is 312 g/mol. The van der Waals surface area contributed by atoms with Crippen molar-refractivity contribution >= 4 is 9.84 Å². The van der Waals surface area contributed by atoms with E-state index in [1.54, 1.807) is 0 Å². The summed E-state index contributed by atoms with van der Waals surface area (Å²) in [7, 11) is -3.47. The maximum atomic E-state index is 14.0. The molecule has 0 bridgehead atoms. The molecule has 2 rings (SSSR count). The van der Waals surface area contributed by atoms with Crippen LogP contribution in [-0.4, -0.2) is 19.8 Å². The fourth-order valence-corrected chi connectivity index (χ4v) is 2.69. The summed E-state index contributed by atoms with van der Waals surface area (Å²) in [4.78, 5) is -0.0208. The Kier molecular flexibility index (Phi) is 4.11.